The lowest BCUT2D eigenvalue weighted by Crippen LogP contribution is -2.52. The van der Waals surface area contributed by atoms with Crippen molar-refractivity contribution < 1.29 is 14.3 Å². The molecule has 0 radical (unpaired) electrons. The number of fused-ring (bicyclic) bond motifs is 1. The average Bonchev–Trinajstić information content (AvgIpc) is 3.15. The zero-order valence-electron chi connectivity index (χ0n) is 14.8. The molecule has 2 aliphatic rings. The van der Waals surface area contributed by atoms with Gasteiger partial charge in [-0.25, -0.2) is 0 Å². The second-order valence-corrected chi connectivity index (χ2v) is 8.03. The second kappa shape index (κ2) is 7.46. The van der Waals surface area contributed by atoms with Gasteiger partial charge in [0, 0.05) is 22.9 Å². The number of benzene rings is 1. The van der Waals surface area contributed by atoms with E-state index in [9.17, 15) is 9.59 Å². The highest BCUT2D eigenvalue weighted by atomic mass is 35.5. The van der Waals surface area contributed by atoms with Crippen LogP contribution in [-0.2, 0) is 9.53 Å². The van der Waals surface area contributed by atoms with E-state index in [0.717, 1.165) is 22.4 Å². The summed E-state index contributed by atoms with van der Waals surface area (Å²) in [5.74, 6) is -0.680. The maximum Gasteiger partial charge on any atom is 0.262 e. The summed E-state index contributed by atoms with van der Waals surface area (Å²) in [5, 5.41) is 6.18. The molecule has 0 spiro atoms. The Labute approximate surface area is 166 Å². The highest BCUT2D eigenvalue weighted by molar-refractivity contribution is 7.15. The van der Waals surface area contributed by atoms with Crippen molar-refractivity contribution in [3.8, 4) is 0 Å². The fourth-order valence-electron chi connectivity index (χ4n) is 3.61. The highest BCUT2D eigenvalue weighted by Crippen LogP contribution is 2.41. The van der Waals surface area contributed by atoms with Gasteiger partial charge in [-0.15, -0.1) is 11.3 Å². The molecule has 2 amide bonds. The van der Waals surface area contributed by atoms with E-state index in [1.54, 1.807) is 7.05 Å². The molecule has 0 fully saturated rings. The van der Waals surface area contributed by atoms with E-state index >= 15 is 0 Å². The quantitative estimate of drug-likeness (QED) is 0.828. The Kier molecular flexibility index (Phi) is 5.04. The highest BCUT2D eigenvalue weighted by Gasteiger charge is 2.40. The van der Waals surface area contributed by atoms with Gasteiger partial charge in [0.15, 0.2) is 0 Å². The fourth-order valence-corrected chi connectivity index (χ4v) is 4.91. The molecule has 2 atom stereocenters. The minimum absolute atomic E-state index is 0.201. The number of likely N-dealkylation sites (N-methyl/N-ethyl adjacent to an activating group) is 1. The molecule has 2 N–H and O–H groups in total. The van der Waals surface area contributed by atoms with Crippen molar-refractivity contribution in [2.75, 3.05) is 20.3 Å². The molecule has 0 saturated heterocycles. The molecular formula is C20H19ClN2O3S. The minimum atomic E-state index is -0.665. The summed E-state index contributed by atoms with van der Waals surface area (Å²) >= 11 is 7.52. The van der Waals surface area contributed by atoms with Crippen molar-refractivity contribution in [1.82, 2.24) is 10.6 Å². The molecule has 3 heterocycles. The molecule has 1 aromatic heterocycles. The minimum Gasteiger partial charge on any atom is -0.377 e. The number of carbonyl (C=O) groups is 2. The van der Waals surface area contributed by atoms with Gasteiger partial charge in [0.25, 0.3) is 5.91 Å². The van der Waals surface area contributed by atoms with Crippen molar-refractivity contribution in [2.24, 2.45) is 0 Å². The largest absolute Gasteiger partial charge is 0.377 e. The molecular weight excluding hydrogens is 384 g/mol. The first kappa shape index (κ1) is 18.2. The predicted octanol–water partition coefficient (Wildman–Crippen LogP) is 3.20. The van der Waals surface area contributed by atoms with Crippen molar-refractivity contribution in [3.05, 3.63) is 62.3 Å². The molecule has 4 rings (SSSR count). The van der Waals surface area contributed by atoms with Gasteiger partial charge < -0.3 is 15.4 Å². The Morgan fingerprint density at radius 1 is 1.33 bits per heavy atom. The van der Waals surface area contributed by atoms with Gasteiger partial charge in [0.2, 0.25) is 5.91 Å². The summed E-state index contributed by atoms with van der Waals surface area (Å²) < 4.78 is 5.39. The molecule has 7 heteroatoms. The first-order valence-electron chi connectivity index (χ1n) is 8.77. The zero-order valence-corrected chi connectivity index (χ0v) is 16.3. The van der Waals surface area contributed by atoms with Gasteiger partial charge in [-0.2, -0.15) is 0 Å². The normalized spacial score (nSPS) is 21.9. The monoisotopic (exact) mass is 402 g/mol. The summed E-state index contributed by atoms with van der Waals surface area (Å²) in [5.41, 5.74) is 3.03. The molecule has 140 valence electrons. The van der Waals surface area contributed by atoms with E-state index in [1.165, 1.54) is 16.9 Å². The van der Waals surface area contributed by atoms with Gasteiger partial charge in [-0.05, 0) is 41.3 Å². The van der Waals surface area contributed by atoms with Crippen molar-refractivity contribution in [1.29, 1.82) is 0 Å². The number of ether oxygens (including phenoxy) is 1. The lowest BCUT2D eigenvalue weighted by molar-refractivity contribution is -0.122. The summed E-state index contributed by atoms with van der Waals surface area (Å²) in [6, 6.07) is 8.84. The first-order chi connectivity index (χ1) is 13.1. The predicted molar refractivity (Wildman–Crippen MR) is 106 cm³/mol. The topological polar surface area (TPSA) is 67.4 Å². The number of amides is 2. The van der Waals surface area contributed by atoms with Crippen molar-refractivity contribution in [2.45, 2.75) is 18.4 Å². The smallest absolute Gasteiger partial charge is 0.262 e. The van der Waals surface area contributed by atoms with E-state index < -0.39 is 6.04 Å². The van der Waals surface area contributed by atoms with Crippen LogP contribution in [0, 0.1) is 0 Å². The summed E-state index contributed by atoms with van der Waals surface area (Å²) in [6.07, 6.45) is 2.89. The third-order valence-electron chi connectivity index (χ3n) is 4.96. The number of rotatable bonds is 3. The van der Waals surface area contributed by atoms with Crippen molar-refractivity contribution in [3.63, 3.8) is 0 Å². The van der Waals surface area contributed by atoms with Crippen LogP contribution in [-0.4, -0.2) is 38.1 Å². The van der Waals surface area contributed by atoms with E-state index in [4.69, 9.17) is 16.3 Å². The van der Waals surface area contributed by atoms with Crippen LogP contribution in [0.1, 0.15) is 38.0 Å². The molecule has 0 bridgehead atoms. The fraction of sp³-hybridized carbons (Fsp3) is 0.300. The van der Waals surface area contributed by atoms with Crippen LogP contribution in [0.5, 0.6) is 0 Å². The van der Waals surface area contributed by atoms with Gasteiger partial charge in [0.05, 0.1) is 18.1 Å². The van der Waals surface area contributed by atoms with E-state index in [2.05, 4.69) is 22.8 Å². The molecule has 5 nitrogen and oxygen atoms in total. The van der Waals surface area contributed by atoms with Gasteiger partial charge in [0.1, 0.15) is 6.04 Å². The van der Waals surface area contributed by atoms with Crippen LogP contribution >= 0.6 is 22.9 Å². The number of thiophene rings is 1. The Hall–Kier alpha value is -2.15. The summed E-state index contributed by atoms with van der Waals surface area (Å²) in [4.78, 5) is 26.9. The molecule has 1 aromatic carbocycles. The van der Waals surface area contributed by atoms with Crippen LogP contribution < -0.4 is 10.6 Å². The molecule has 0 unspecified atom stereocenters. The Balaban J connectivity index is 1.83. The molecule has 0 aliphatic carbocycles. The standard InChI is InChI=1S/C20H19ClN2O3S/c1-22-19(24)17-16(12-2-4-13(21)5-3-12)14-10-15(11-6-8-26-9-7-11)27-18(14)20(25)23-17/h2-6,10,16-17H,7-9H2,1H3,(H,22,24)(H,23,25)/t16-,17-/m1/s1. The maximum absolute atomic E-state index is 12.7. The molecule has 2 aromatic rings. The third kappa shape index (κ3) is 3.40. The molecule has 2 aliphatic heterocycles. The van der Waals surface area contributed by atoms with Crippen LogP contribution in [0.3, 0.4) is 0 Å². The van der Waals surface area contributed by atoms with E-state index in [1.807, 2.05) is 24.3 Å². The maximum atomic E-state index is 12.7. The average molecular weight is 403 g/mol. The number of halogens is 1. The Morgan fingerprint density at radius 2 is 2.11 bits per heavy atom. The van der Waals surface area contributed by atoms with Gasteiger partial charge in [-0.1, -0.05) is 29.8 Å². The summed E-state index contributed by atoms with van der Waals surface area (Å²) in [6.45, 7) is 1.27. The van der Waals surface area contributed by atoms with Crippen molar-refractivity contribution >= 4 is 40.3 Å². The zero-order chi connectivity index (χ0) is 19.0. The van der Waals surface area contributed by atoms with E-state index in [-0.39, 0.29) is 17.7 Å². The second-order valence-electron chi connectivity index (χ2n) is 6.54. The first-order valence-corrected chi connectivity index (χ1v) is 9.96. The van der Waals surface area contributed by atoms with Crippen LogP contribution in [0.4, 0.5) is 0 Å². The van der Waals surface area contributed by atoms with Crippen LogP contribution in [0.15, 0.2) is 36.4 Å². The molecule has 0 saturated carbocycles. The Morgan fingerprint density at radius 3 is 2.78 bits per heavy atom. The van der Waals surface area contributed by atoms with Gasteiger partial charge in [-0.3, -0.25) is 9.59 Å². The van der Waals surface area contributed by atoms with Gasteiger partial charge >= 0.3 is 0 Å². The van der Waals surface area contributed by atoms with Crippen LogP contribution in [0.25, 0.3) is 5.57 Å². The number of carbonyl (C=O) groups excluding carboxylic acids is 2. The SMILES string of the molecule is CNC(=O)[C@@H]1NC(=O)c2sc(C3=CCOCC3)cc2[C@H]1c1ccc(Cl)cc1. The summed E-state index contributed by atoms with van der Waals surface area (Å²) in [7, 11) is 1.58. The van der Waals surface area contributed by atoms with E-state index in [0.29, 0.717) is 23.1 Å². The lowest BCUT2D eigenvalue weighted by Gasteiger charge is -2.31. The Bertz CT molecular complexity index is 920. The number of hydrogen-bond donors (Lipinski definition) is 2. The van der Waals surface area contributed by atoms with Crippen LogP contribution in [0.2, 0.25) is 5.02 Å². The third-order valence-corrected chi connectivity index (χ3v) is 6.44. The lowest BCUT2D eigenvalue weighted by atomic mass is 9.82. The molecule has 27 heavy (non-hydrogen) atoms. The number of hydrogen-bond acceptors (Lipinski definition) is 4. The number of nitrogens with one attached hydrogen (secondary N) is 2.